The number of hydrogen-bond acceptors (Lipinski definition) is 13. The van der Waals surface area contributed by atoms with Gasteiger partial charge in [-0.3, -0.25) is 29.0 Å². The molecule has 0 bridgehead atoms. The van der Waals surface area contributed by atoms with Crippen LogP contribution in [0.1, 0.15) is 33.9 Å². The molecule has 1 aliphatic heterocycles. The molecule has 0 spiro atoms. The zero-order valence-electron chi connectivity index (χ0n) is 19.4. The summed E-state index contributed by atoms with van der Waals surface area (Å²) < 4.78 is 27.4. The molecule has 1 aliphatic rings. The van der Waals surface area contributed by atoms with E-state index in [0.717, 1.165) is 27.7 Å². The number of carbonyl (C=O) groups is 4. The minimum atomic E-state index is -1.58. The van der Waals surface area contributed by atoms with Crippen LogP contribution in [0.5, 0.6) is 0 Å². The van der Waals surface area contributed by atoms with Crippen LogP contribution < -0.4 is 16.1 Å². The number of aromatic nitrogens is 3. The molecular formula is C19H26N4O11. The van der Waals surface area contributed by atoms with Gasteiger partial charge in [0.1, 0.15) is 12.7 Å². The van der Waals surface area contributed by atoms with Crippen molar-refractivity contribution in [2.24, 2.45) is 0 Å². The predicted molar refractivity (Wildman–Crippen MR) is 111 cm³/mol. The van der Waals surface area contributed by atoms with Crippen molar-refractivity contribution >= 4 is 29.7 Å². The molecule has 1 fully saturated rings. The minimum absolute atomic E-state index is 0.188. The standard InChI is InChI=1S/C19H26N4O11/c1-8(24)30-7-12-13(31-9(2)25)14(32-10(3)26)15(33-11(4)27)18(34-12)23-19(29)20-17(28)16(21-23)22(5)6/h12-15,18H,7H2,1-6H3,(H,20,28,29)/t12-,13+,14+,15+,18-/m1/s1. The lowest BCUT2D eigenvalue weighted by atomic mass is 9.97. The highest BCUT2D eigenvalue weighted by molar-refractivity contribution is 5.68. The SMILES string of the molecule is CC(=O)OC[C@H]1O[C@@H](n2nc(N(C)C)c(=O)[nH]c2=O)[C@@H](OC(C)=O)[C@@H](OC(C)=O)[C@H]1OC(C)=O. The summed E-state index contributed by atoms with van der Waals surface area (Å²) in [5.41, 5.74) is -1.83. The number of H-pyrrole nitrogens is 1. The fourth-order valence-electron chi connectivity index (χ4n) is 3.27. The predicted octanol–water partition coefficient (Wildman–Crippen LogP) is -1.75. The number of esters is 4. The number of aromatic amines is 1. The summed E-state index contributed by atoms with van der Waals surface area (Å²) in [6.07, 6.45) is -7.30. The van der Waals surface area contributed by atoms with Gasteiger partial charge >= 0.3 is 29.6 Å². The molecule has 1 aromatic rings. The molecule has 1 N–H and O–H groups in total. The Kier molecular flexibility index (Phi) is 8.51. The first-order chi connectivity index (χ1) is 15.8. The number of ether oxygens (including phenoxy) is 5. The number of nitrogens with one attached hydrogen (secondary N) is 1. The van der Waals surface area contributed by atoms with E-state index in [1.165, 1.54) is 19.0 Å². The van der Waals surface area contributed by atoms with Crippen LogP contribution in [-0.4, -0.2) is 83.8 Å². The summed E-state index contributed by atoms with van der Waals surface area (Å²) in [5, 5.41) is 4.00. The maximum Gasteiger partial charge on any atom is 0.347 e. The second-order valence-corrected chi connectivity index (χ2v) is 7.51. The molecule has 188 valence electrons. The first-order valence-electron chi connectivity index (χ1n) is 10.0. The second kappa shape index (κ2) is 10.9. The van der Waals surface area contributed by atoms with E-state index in [0.29, 0.717) is 4.68 Å². The Labute approximate surface area is 192 Å². The van der Waals surface area contributed by atoms with Crippen molar-refractivity contribution < 1.29 is 42.9 Å². The lowest BCUT2D eigenvalue weighted by Gasteiger charge is -2.44. The highest BCUT2D eigenvalue weighted by Gasteiger charge is 2.53. The van der Waals surface area contributed by atoms with Crippen LogP contribution >= 0.6 is 0 Å². The molecule has 1 saturated heterocycles. The Morgan fingerprint density at radius 3 is 1.94 bits per heavy atom. The molecular weight excluding hydrogens is 460 g/mol. The minimum Gasteiger partial charge on any atom is -0.463 e. The lowest BCUT2D eigenvalue weighted by Crippen LogP contribution is -2.62. The number of nitrogens with zero attached hydrogens (tertiary/aromatic N) is 3. The summed E-state index contributed by atoms with van der Waals surface area (Å²) in [5.74, 6) is -3.36. The lowest BCUT2D eigenvalue weighted by molar-refractivity contribution is -0.271. The van der Waals surface area contributed by atoms with Crippen molar-refractivity contribution in [2.45, 2.75) is 58.3 Å². The quantitative estimate of drug-likeness (QED) is 0.338. The Bertz CT molecular complexity index is 1060. The fourth-order valence-corrected chi connectivity index (χ4v) is 3.27. The van der Waals surface area contributed by atoms with E-state index in [9.17, 15) is 28.8 Å². The molecule has 0 aliphatic carbocycles. The summed E-state index contributed by atoms with van der Waals surface area (Å²) in [6.45, 7) is 3.85. The molecule has 2 heterocycles. The zero-order chi connectivity index (χ0) is 25.7. The van der Waals surface area contributed by atoms with Crippen LogP contribution in [0.25, 0.3) is 0 Å². The first-order valence-corrected chi connectivity index (χ1v) is 10.0. The van der Waals surface area contributed by atoms with E-state index < -0.39 is 72.4 Å². The molecule has 1 aromatic heterocycles. The average Bonchev–Trinajstić information content (AvgIpc) is 2.68. The normalized spacial score (nSPS) is 24.0. The van der Waals surface area contributed by atoms with Gasteiger partial charge in [0.2, 0.25) is 5.82 Å². The van der Waals surface area contributed by atoms with Gasteiger partial charge in [0.15, 0.2) is 24.5 Å². The largest absolute Gasteiger partial charge is 0.463 e. The van der Waals surface area contributed by atoms with E-state index in [1.54, 1.807) is 0 Å². The maximum atomic E-state index is 12.6. The van der Waals surface area contributed by atoms with Crippen molar-refractivity contribution in [1.82, 2.24) is 14.8 Å². The first kappa shape index (κ1) is 26.5. The molecule has 34 heavy (non-hydrogen) atoms. The van der Waals surface area contributed by atoms with E-state index in [4.69, 9.17) is 23.7 Å². The van der Waals surface area contributed by atoms with Crippen molar-refractivity contribution in [3.63, 3.8) is 0 Å². The van der Waals surface area contributed by atoms with Crippen LogP contribution in [0.4, 0.5) is 5.82 Å². The molecule has 0 amide bonds. The van der Waals surface area contributed by atoms with Crippen molar-refractivity contribution in [2.75, 3.05) is 25.6 Å². The van der Waals surface area contributed by atoms with E-state index >= 15 is 0 Å². The van der Waals surface area contributed by atoms with Crippen LogP contribution in [0.15, 0.2) is 9.59 Å². The van der Waals surface area contributed by atoms with Gasteiger partial charge < -0.3 is 28.6 Å². The molecule has 0 radical (unpaired) electrons. The molecule has 0 saturated carbocycles. The Morgan fingerprint density at radius 2 is 1.44 bits per heavy atom. The zero-order valence-corrected chi connectivity index (χ0v) is 19.4. The van der Waals surface area contributed by atoms with Crippen molar-refractivity contribution in [3.05, 3.63) is 20.8 Å². The van der Waals surface area contributed by atoms with Crippen LogP contribution in [0.2, 0.25) is 0 Å². The number of anilines is 1. The number of rotatable bonds is 7. The van der Waals surface area contributed by atoms with Crippen molar-refractivity contribution in [3.8, 4) is 0 Å². The Morgan fingerprint density at radius 1 is 0.912 bits per heavy atom. The molecule has 0 unspecified atom stereocenters. The fraction of sp³-hybridized carbons (Fsp3) is 0.632. The van der Waals surface area contributed by atoms with Crippen LogP contribution in [0, 0.1) is 0 Å². The van der Waals surface area contributed by atoms with E-state index in [-0.39, 0.29) is 5.82 Å². The Balaban J connectivity index is 2.70. The van der Waals surface area contributed by atoms with Gasteiger partial charge in [0.05, 0.1) is 0 Å². The van der Waals surface area contributed by atoms with E-state index in [1.807, 2.05) is 0 Å². The van der Waals surface area contributed by atoms with Crippen LogP contribution in [-0.2, 0) is 42.9 Å². The number of hydrogen-bond donors (Lipinski definition) is 1. The molecule has 5 atom stereocenters. The third-order valence-electron chi connectivity index (χ3n) is 4.47. The van der Waals surface area contributed by atoms with Crippen LogP contribution in [0.3, 0.4) is 0 Å². The smallest absolute Gasteiger partial charge is 0.347 e. The van der Waals surface area contributed by atoms with Gasteiger partial charge in [-0.1, -0.05) is 0 Å². The van der Waals surface area contributed by atoms with Gasteiger partial charge in [-0.15, -0.1) is 5.10 Å². The molecule has 15 nitrogen and oxygen atoms in total. The Hall–Kier alpha value is -3.75. The second-order valence-electron chi connectivity index (χ2n) is 7.51. The molecule has 0 aromatic carbocycles. The molecule has 2 rings (SSSR count). The summed E-state index contributed by atoms with van der Waals surface area (Å²) in [4.78, 5) is 75.1. The van der Waals surface area contributed by atoms with Gasteiger partial charge in [-0.2, -0.15) is 4.68 Å². The maximum absolute atomic E-state index is 12.6. The topological polar surface area (TPSA) is 185 Å². The summed E-state index contributed by atoms with van der Waals surface area (Å²) >= 11 is 0. The van der Waals surface area contributed by atoms with Gasteiger partial charge in [0.25, 0.3) is 5.56 Å². The van der Waals surface area contributed by atoms with Gasteiger partial charge in [-0.25, -0.2) is 4.79 Å². The average molecular weight is 486 g/mol. The third-order valence-corrected chi connectivity index (χ3v) is 4.47. The summed E-state index contributed by atoms with van der Waals surface area (Å²) in [6, 6.07) is 0. The summed E-state index contributed by atoms with van der Waals surface area (Å²) in [7, 11) is 3.00. The van der Waals surface area contributed by atoms with Gasteiger partial charge in [-0.05, 0) is 0 Å². The number of carbonyl (C=O) groups excluding carboxylic acids is 4. The van der Waals surface area contributed by atoms with Crippen molar-refractivity contribution in [1.29, 1.82) is 0 Å². The molecule has 15 heteroatoms. The van der Waals surface area contributed by atoms with Gasteiger partial charge in [0, 0.05) is 41.8 Å². The highest BCUT2D eigenvalue weighted by atomic mass is 16.7. The monoisotopic (exact) mass is 486 g/mol. The van der Waals surface area contributed by atoms with E-state index in [2.05, 4.69) is 10.1 Å². The third kappa shape index (κ3) is 6.40. The highest BCUT2D eigenvalue weighted by Crippen LogP contribution is 2.33.